The van der Waals surface area contributed by atoms with Crippen molar-refractivity contribution >= 4 is 6.03 Å². The number of para-hydroxylation sites is 2. The van der Waals surface area contributed by atoms with Crippen LogP contribution in [-0.2, 0) is 10.3 Å². The lowest BCUT2D eigenvalue weighted by Gasteiger charge is -2.44. The molecule has 7 heteroatoms. The molecule has 2 saturated heterocycles. The molecular formula is C28H39N3O4. The van der Waals surface area contributed by atoms with Crippen molar-refractivity contribution in [3.63, 3.8) is 0 Å². The van der Waals surface area contributed by atoms with Crippen LogP contribution in [0, 0.1) is 5.92 Å². The summed E-state index contributed by atoms with van der Waals surface area (Å²) in [6.07, 6.45) is 4.81. The second-order valence-corrected chi connectivity index (χ2v) is 9.85. The fraction of sp³-hybridized carbons (Fsp3) is 0.536. The highest BCUT2D eigenvalue weighted by Crippen LogP contribution is 2.44. The topological polar surface area (TPSA) is 88.3 Å². The van der Waals surface area contributed by atoms with Gasteiger partial charge in [-0.3, -0.25) is 0 Å². The number of hydrogen-bond acceptors (Lipinski definition) is 5. The number of carbonyl (C=O) groups is 1. The maximum Gasteiger partial charge on any atom is 0.320 e. The highest BCUT2D eigenvalue weighted by molar-refractivity contribution is 5.75. The van der Waals surface area contributed by atoms with E-state index in [1.807, 2.05) is 64.4 Å². The molecule has 4 rings (SSSR count). The van der Waals surface area contributed by atoms with Crippen LogP contribution >= 0.6 is 0 Å². The first kappa shape index (κ1) is 25.5. The van der Waals surface area contributed by atoms with Gasteiger partial charge >= 0.3 is 6.03 Å². The van der Waals surface area contributed by atoms with E-state index in [0.717, 1.165) is 43.4 Å². The van der Waals surface area contributed by atoms with E-state index in [0.29, 0.717) is 45.0 Å². The average molecular weight is 482 g/mol. The van der Waals surface area contributed by atoms with Gasteiger partial charge in [-0.15, -0.1) is 0 Å². The number of rotatable bonds is 9. The Balaban J connectivity index is 1.59. The summed E-state index contributed by atoms with van der Waals surface area (Å²) < 4.78 is 11.5. The Kier molecular flexibility index (Phi) is 8.65. The molecule has 0 aliphatic carbocycles. The number of unbranched alkanes of at least 4 members (excludes halogenated alkanes) is 1. The molecule has 3 N–H and O–H groups in total. The summed E-state index contributed by atoms with van der Waals surface area (Å²) in [7, 11) is 1.70. The molecule has 7 nitrogen and oxygen atoms in total. The van der Waals surface area contributed by atoms with E-state index in [9.17, 15) is 9.90 Å². The predicted octanol–water partition coefficient (Wildman–Crippen LogP) is 4.35. The third kappa shape index (κ3) is 6.15. The molecule has 2 amide bonds. The summed E-state index contributed by atoms with van der Waals surface area (Å²) in [6, 6.07) is 17.5. The number of methoxy groups -OCH3 is 1. The molecule has 3 atom stereocenters. The minimum Gasteiger partial charge on any atom is -0.457 e. The van der Waals surface area contributed by atoms with Gasteiger partial charge in [-0.1, -0.05) is 36.4 Å². The number of benzene rings is 2. The van der Waals surface area contributed by atoms with Crippen molar-refractivity contribution in [1.29, 1.82) is 0 Å². The van der Waals surface area contributed by atoms with Crippen LogP contribution in [0.3, 0.4) is 0 Å². The van der Waals surface area contributed by atoms with E-state index in [1.54, 1.807) is 7.11 Å². The number of amides is 2. The lowest BCUT2D eigenvalue weighted by molar-refractivity contribution is -0.0586. The van der Waals surface area contributed by atoms with Crippen LogP contribution < -0.4 is 10.5 Å². The average Bonchev–Trinajstić information content (AvgIpc) is 3.33. The van der Waals surface area contributed by atoms with Gasteiger partial charge in [-0.25, -0.2) is 4.79 Å². The van der Waals surface area contributed by atoms with Gasteiger partial charge in [-0.2, -0.15) is 0 Å². The van der Waals surface area contributed by atoms with Crippen molar-refractivity contribution in [2.75, 3.05) is 39.9 Å². The zero-order chi connectivity index (χ0) is 24.7. The molecule has 190 valence electrons. The number of hydrogen-bond donors (Lipinski definition) is 2. The molecule has 0 unspecified atom stereocenters. The third-order valence-corrected chi connectivity index (χ3v) is 7.34. The number of urea groups is 1. The van der Waals surface area contributed by atoms with Crippen LogP contribution in [-0.4, -0.2) is 66.9 Å². The molecular weight excluding hydrogens is 442 g/mol. The van der Waals surface area contributed by atoms with Crippen LogP contribution in [0.2, 0.25) is 0 Å². The Morgan fingerprint density at radius 1 is 1.03 bits per heavy atom. The Labute approximate surface area is 208 Å². The number of nitrogens with two attached hydrogens (primary N) is 1. The summed E-state index contributed by atoms with van der Waals surface area (Å²) in [6.45, 7) is 3.20. The smallest absolute Gasteiger partial charge is 0.320 e. The molecule has 0 radical (unpaired) electrons. The van der Waals surface area contributed by atoms with Crippen LogP contribution in [0.4, 0.5) is 4.79 Å². The van der Waals surface area contributed by atoms with E-state index in [2.05, 4.69) is 0 Å². The van der Waals surface area contributed by atoms with Crippen LogP contribution in [0.15, 0.2) is 54.6 Å². The molecule has 2 fully saturated rings. The molecule has 2 aromatic carbocycles. The number of aliphatic hydroxyl groups is 1. The molecule has 35 heavy (non-hydrogen) atoms. The van der Waals surface area contributed by atoms with E-state index < -0.39 is 5.60 Å². The van der Waals surface area contributed by atoms with Gasteiger partial charge in [0.2, 0.25) is 0 Å². The van der Waals surface area contributed by atoms with Crippen LogP contribution in [0.25, 0.3) is 0 Å². The van der Waals surface area contributed by atoms with Gasteiger partial charge in [0.05, 0.1) is 5.60 Å². The largest absolute Gasteiger partial charge is 0.457 e. The second-order valence-electron chi connectivity index (χ2n) is 9.85. The number of ether oxygens (including phenoxy) is 2. The standard InChI is InChI=1S/C28H39N3O4/c1-34-19-8-7-16-28(33,25-13-5-6-14-26(25)35-24-11-3-2-4-12-24)22-10-9-17-30(20-22)27(32)31-18-15-23(29)21-31/h2-6,11-14,22-23,33H,7-10,15-21,29H2,1H3/t22-,23+,28+/m1/s1. The highest BCUT2D eigenvalue weighted by Gasteiger charge is 2.43. The van der Waals surface area contributed by atoms with E-state index in [4.69, 9.17) is 15.2 Å². The summed E-state index contributed by atoms with van der Waals surface area (Å²) in [5.74, 6) is 1.29. The molecule has 0 spiro atoms. The van der Waals surface area contributed by atoms with Crippen molar-refractivity contribution in [2.45, 2.75) is 50.2 Å². The van der Waals surface area contributed by atoms with Crippen LogP contribution in [0.5, 0.6) is 11.5 Å². The third-order valence-electron chi connectivity index (χ3n) is 7.34. The summed E-state index contributed by atoms with van der Waals surface area (Å²) in [5, 5.41) is 12.4. The van der Waals surface area contributed by atoms with Gasteiger partial charge in [-0.05, 0) is 56.7 Å². The van der Waals surface area contributed by atoms with Gasteiger partial charge in [0.1, 0.15) is 11.5 Å². The molecule has 0 saturated carbocycles. The summed E-state index contributed by atoms with van der Waals surface area (Å²) in [4.78, 5) is 17.0. The fourth-order valence-electron chi connectivity index (χ4n) is 5.43. The molecule has 0 bridgehead atoms. The van der Waals surface area contributed by atoms with E-state index in [1.165, 1.54) is 0 Å². The number of likely N-dealkylation sites (tertiary alicyclic amines) is 2. The minimum absolute atomic E-state index is 0.0400. The van der Waals surface area contributed by atoms with Crippen LogP contribution in [0.1, 0.15) is 44.1 Å². The van der Waals surface area contributed by atoms with Crippen molar-refractivity contribution in [3.8, 4) is 11.5 Å². The first-order chi connectivity index (χ1) is 17.0. The van der Waals surface area contributed by atoms with E-state index >= 15 is 0 Å². The van der Waals surface area contributed by atoms with Gasteiger partial charge in [0, 0.05) is 57.4 Å². The second kappa shape index (κ2) is 11.9. The molecule has 2 heterocycles. The van der Waals surface area contributed by atoms with Gasteiger partial charge in [0.25, 0.3) is 0 Å². The molecule has 2 aliphatic rings. The monoisotopic (exact) mass is 481 g/mol. The number of nitrogens with zero attached hydrogens (tertiary/aromatic N) is 2. The highest BCUT2D eigenvalue weighted by atomic mass is 16.5. The quantitative estimate of drug-likeness (QED) is 0.520. The molecule has 2 aromatic rings. The fourth-order valence-corrected chi connectivity index (χ4v) is 5.43. The lowest BCUT2D eigenvalue weighted by atomic mass is 9.73. The summed E-state index contributed by atoms with van der Waals surface area (Å²) in [5.41, 5.74) is 5.70. The van der Waals surface area contributed by atoms with Crippen molar-refractivity contribution in [3.05, 3.63) is 60.2 Å². The Hall–Kier alpha value is -2.61. The lowest BCUT2D eigenvalue weighted by Crippen LogP contribution is -2.51. The molecule has 0 aromatic heterocycles. The summed E-state index contributed by atoms with van der Waals surface area (Å²) >= 11 is 0. The maximum atomic E-state index is 13.2. The van der Waals surface area contributed by atoms with Gasteiger partial charge < -0.3 is 30.1 Å². The first-order valence-electron chi connectivity index (χ1n) is 12.8. The van der Waals surface area contributed by atoms with E-state index in [-0.39, 0.29) is 18.0 Å². The zero-order valence-corrected chi connectivity index (χ0v) is 20.8. The van der Waals surface area contributed by atoms with Crippen molar-refractivity contribution < 1.29 is 19.4 Å². The Bertz CT molecular complexity index is 956. The molecule has 2 aliphatic heterocycles. The van der Waals surface area contributed by atoms with Crippen molar-refractivity contribution in [2.24, 2.45) is 11.7 Å². The normalized spacial score (nSPS) is 22.1. The number of carbonyl (C=O) groups excluding carboxylic acids is 1. The first-order valence-corrected chi connectivity index (χ1v) is 12.8. The number of piperidine rings is 1. The predicted molar refractivity (Wildman–Crippen MR) is 136 cm³/mol. The SMILES string of the molecule is COCCCC[C@@](O)(c1ccccc1Oc1ccccc1)[C@@H]1CCCN(C(=O)N2CC[C@H](N)C2)C1. The Morgan fingerprint density at radius 2 is 1.77 bits per heavy atom. The van der Waals surface area contributed by atoms with Crippen molar-refractivity contribution in [1.82, 2.24) is 9.80 Å². The Morgan fingerprint density at radius 3 is 2.51 bits per heavy atom. The zero-order valence-electron chi connectivity index (χ0n) is 20.8. The minimum atomic E-state index is -1.13. The maximum absolute atomic E-state index is 13.2. The van der Waals surface area contributed by atoms with Gasteiger partial charge in [0.15, 0.2) is 0 Å².